The predicted octanol–water partition coefficient (Wildman–Crippen LogP) is 5.58. The molecule has 0 amide bonds. The van der Waals surface area contributed by atoms with Gasteiger partial charge in [-0.2, -0.15) is 0 Å². The van der Waals surface area contributed by atoms with Crippen LogP contribution in [0.4, 0.5) is 4.39 Å². The molecule has 0 saturated carbocycles. The number of fused-ring (bicyclic) bond motifs is 1. The van der Waals surface area contributed by atoms with Crippen LogP contribution in [0.5, 0.6) is 0 Å². The summed E-state index contributed by atoms with van der Waals surface area (Å²) in [4.78, 5) is 0. The number of hydrogen-bond acceptors (Lipinski definition) is 1. The van der Waals surface area contributed by atoms with E-state index >= 15 is 0 Å². The van der Waals surface area contributed by atoms with E-state index in [4.69, 9.17) is 16.0 Å². The van der Waals surface area contributed by atoms with E-state index < -0.39 is 5.82 Å². The fraction of sp³-hybridized carbons (Fsp3) is 0.0667. The normalized spacial score (nSPS) is 11.1. The second kappa shape index (κ2) is 4.99. The Morgan fingerprint density at radius 1 is 1.16 bits per heavy atom. The summed E-state index contributed by atoms with van der Waals surface area (Å²) in [7, 11) is 0. The summed E-state index contributed by atoms with van der Waals surface area (Å²) >= 11 is 9.22. The van der Waals surface area contributed by atoms with Crippen molar-refractivity contribution < 1.29 is 8.81 Å². The van der Waals surface area contributed by atoms with Gasteiger partial charge in [0.25, 0.3) is 0 Å². The van der Waals surface area contributed by atoms with E-state index in [0.29, 0.717) is 6.42 Å². The maximum absolute atomic E-state index is 13.1. The lowest BCUT2D eigenvalue weighted by atomic mass is 10.1. The second-order valence-corrected chi connectivity index (χ2v) is 5.56. The third-order valence-corrected chi connectivity index (χ3v) is 3.82. The fourth-order valence-corrected chi connectivity index (χ4v) is 2.68. The van der Waals surface area contributed by atoms with Crippen LogP contribution in [-0.4, -0.2) is 0 Å². The number of rotatable bonds is 2. The average molecular weight is 340 g/mol. The highest BCUT2D eigenvalue weighted by atomic mass is 79.9. The van der Waals surface area contributed by atoms with Crippen LogP contribution in [-0.2, 0) is 6.42 Å². The first kappa shape index (κ1) is 12.7. The zero-order valence-corrected chi connectivity index (χ0v) is 12.1. The van der Waals surface area contributed by atoms with Gasteiger partial charge in [0, 0.05) is 11.8 Å². The van der Waals surface area contributed by atoms with Gasteiger partial charge in [0.15, 0.2) is 0 Å². The SMILES string of the molecule is Fc1ccc(Cc2cc3cccc(Br)c3o2)cc1Cl. The summed E-state index contributed by atoms with van der Waals surface area (Å²) in [6.07, 6.45) is 0.584. The molecular formula is C15H9BrClFO. The van der Waals surface area contributed by atoms with E-state index in [-0.39, 0.29) is 5.02 Å². The molecule has 19 heavy (non-hydrogen) atoms. The smallest absolute Gasteiger partial charge is 0.148 e. The van der Waals surface area contributed by atoms with E-state index in [1.54, 1.807) is 12.1 Å². The Morgan fingerprint density at radius 2 is 2.00 bits per heavy atom. The molecule has 96 valence electrons. The summed E-state index contributed by atoms with van der Waals surface area (Å²) in [5.41, 5.74) is 1.74. The minimum atomic E-state index is -0.405. The average Bonchev–Trinajstić information content (AvgIpc) is 2.78. The van der Waals surface area contributed by atoms with Crippen LogP contribution in [0.25, 0.3) is 11.0 Å². The van der Waals surface area contributed by atoms with Crippen LogP contribution in [0.15, 0.2) is 51.4 Å². The van der Waals surface area contributed by atoms with Gasteiger partial charge in [0.1, 0.15) is 17.2 Å². The highest BCUT2D eigenvalue weighted by Gasteiger charge is 2.08. The van der Waals surface area contributed by atoms with Crippen LogP contribution in [0.2, 0.25) is 5.02 Å². The fourth-order valence-electron chi connectivity index (χ4n) is 2.02. The molecule has 0 aliphatic rings. The first-order valence-electron chi connectivity index (χ1n) is 5.74. The molecule has 1 aromatic heterocycles. The van der Waals surface area contributed by atoms with Crippen molar-refractivity contribution in [2.45, 2.75) is 6.42 Å². The molecule has 0 unspecified atom stereocenters. The molecule has 0 aliphatic heterocycles. The van der Waals surface area contributed by atoms with Crippen molar-refractivity contribution in [1.29, 1.82) is 0 Å². The van der Waals surface area contributed by atoms with Gasteiger partial charge in [-0.3, -0.25) is 0 Å². The summed E-state index contributed by atoms with van der Waals surface area (Å²) in [5.74, 6) is 0.419. The molecule has 0 spiro atoms. The number of para-hydroxylation sites is 1. The van der Waals surface area contributed by atoms with Gasteiger partial charge in [-0.1, -0.05) is 29.8 Å². The predicted molar refractivity (Wildman–Crippen MR) is 78.1 cm³/mol. The first-order valence-corrected chi connectivity index (χ1v) is 6.91. The molecule has 3 aromatic rings. The van der Waals surface area contributed by atoms with Gasteiger partial charge in [0.05, 0.1) is 9.50 Å². The third-order valence-electron chi connectivity index (χ3n) is 2.91. The van der Waals surface area contributed by atoms with Gasteiger partial charge < -0.3 is 4.42 Å². The summed E-state index contributed by atoms with van der Waals surface area (Å²) in [5, 5.41) is 1.17. The van der Waals surface area contributed by atoms with Crippen LogP contribution in [0, 0.1) is 5.82 Å². The largest absolute Gasteiger partial charge is 0.460 e. The number of furan rings is 1. The van der Waals surface area contributed by atoms with Gasteiger partial charge in [-0.05, 0) is 45.8 Å². The second-order valence-electron chi connectivity index (χ2n) is 4.30. The lowest BCUT2D eigenvalue weighted by Crippen LogP contribution is -1.87. The maximum Gasteiger partial charge on any atom is 0.148 e. The minimum Gasteiger partial charge on any atom is -0.460 e. The molecule has 3 rings (SSSR count). The van der Waals surface area contributed by atoms with Crippen LogP contribution >= 0.6 is 27.5 Å². The molecule has 0 atom stereocenters. The molecule has 0 aliphatic carbocycles. The standard InChI is InChI=1S/C15H9BrClFO/c16-12-3-1-2-10-8-11(19-15(10)12)6-9-4-5-14(18)13(17)7-9/h1-5,7-8H,6H2. The Labute approximate surface area is 123 Å². The summed E-state index contributed by atoms with van der Waals surface area (Å²) in [6, 6.07) is 12.6. The highest BCUT2D eigenvalue weighted by Crippen LogP contribution is 2.28. The van der Waals surface area contributed by atoms with Crippen molar-refractivity contribution in [3.8, 4) is 0 Å². The van der Waals surface area contributed by atoms with E-state index in [0.717, 1.165) is 26.8 Å². The molecule has 2 aromatic carbocycles. The molecule has 0 fully saturated rings. The lowest BCUT2D eigenvalue weighted by Gasteiger charge is -2.00. The quantitative estimate of drug-likeness (QED) is 0.594. The first-order chi connectivity index (χ1) is 9.13. The van der Waals surface area contributed by atoms with Gasteiger partial charge in [-0.15, -0.1) is 0 Å². The zero-order valence-electron chi connectivity index (χ0n) is 9.79. The molecule has 0 saturated heterocycles. The number of halogens is 3. The monoisotopic (exact) mass is 338 g/mol. The number of benzene rings is 2. The molecule has 0 radical (unpaired) electrons. The van der Waals surface area contributed by atoms with Crippen molar-refractivity contribution >= 4 is 38.5 Å². The van der Waals surface area contributed by atoms with E-state index in [1.807, 2.05) is 24.3 Å². The maximum atomic E-state index is 13.1. The Bertz CT molecular complexity index is 751. The Balaban J connectivity index is 1.96. The molecule has 1 nitrogen and oxygen atoms in total. The Hall–Kier alpha value is -1.32. The lowest BCUT2D eigenvalue weighted by molar-refractivity contribution is 0.560. The number of hydrogen-bond donors (Lipinski definition) is 0. The highest BCUT2D eigenvalue weighted by molar-refractivity contribution is 9.10. The van der Waals surface area contributed by atoms with Crippen LogP contribution in [0.1, 0.15) is 11.3 Å². The Kier molecular flexibility index (Phi) is 3.33. The van der Waals surface area contributed by atoms with Crippen molar-refractivity contribution in [3.63, 3.8) is 0 Å². The summed E-state index contributed by atoms with van der Waals surface area (Å²) in [6.45, 7) is 0. The van der Waals surface area contributed by atoms with Crippen molar-refractivity contribution in [2.24, 2.45) is 0 Å². The van der Waals surface area contributed by atoms with E-state index in [1.165, 1.54) is 6.07 Å². The molecular weight excluding hydrogens is 331 g/mol. The Morgan fingerprint density at radius 3 is 2.74 bits per heavy atom. The summed E-state index contributed by atoms with van der Waals surface area (Å²) < 4.78 is 19.8. The van der Waals surface area contributed by atoms with Gasteiger partial charge in [0.2, 0.25) is 0 Å². The molecule has 4 heteroatoms. The van der Waals surface area contributed by atoms with Gasteiger partial charge in [-0.25, -0.2) is 4.39 Å². The molecule has 0 bridgehead atoms. The van der Waals surface area contributed by atoms with Crippen molar-refractivity contribution in [2.75, 3.05) is 0 Å². The van der Waals surface area contributed by atoms with Crippen LogP contribution < -0.4 is 0 Å². The molecule has 0 N–H and O–H groups in total. The van der Waals surface area contributed by atoms with E-state index in [2.05, 4.69) is 15.9 Å². The zero-order chi connectivity index (χ0) is 13.4. The topological polar surface area (TPSA) is 13.1 Å². The van der Waals surface area contributed by atoms with Crippen LogP contribution in [0.3, 0.4) is 0 Å². The van der Waals surface area contributed by atoms with Gasteiger partial charge >= 0.3 is 0 Å². The third kappa shape index (κ3) is 2.53. The minimum absolute atomic E-state index is 0.134. The molecule has 1 heterocycles. The van der Waals surface area contributed by atoms with Crippen molar-refractivity contribution in [1.82, 2.24) is 0 Å². The van der Waals surface area contributed by atoms with E-state index in [9.17, 15) is 4.39 Å². The van der Waals surface area contributed by atoms with Crippen molar-refractivity contribution in [3.05, 3.63) is 69.1 Å².